The van der Waals surface area contributed by atoms with Gasteiger partial charge in [-0.05, 0) is 44.8 Å². The summed E-state index contributed by atoms with van der Waals surface area (Å²) in [5.74, 6) is 4.51. The molecule has 0 radical (unpaired) electrons. The molecule has 2 atom stereocenters. The van der Waals surface area contributed by atoms with Crippen LogP contribution < -0.4 is 0 Å². The molecular formula is C32H50N6O6S. The van der Waals surface area contributed by atoms with Gasteiger partial charge in [-0.15, -0.1) is 0 Å². The summed E-state index contributed by atoms with van der Waals surface area (Å²) >= 11 is 0. The fraction of sp³-hybridized carbons (Fsp3) is 0.531. The highest BCUT2D eigenvalue weighted by Gasteiger charge is 2.37. The second-order valence-corrected chi connectivity index (χ2v) is 13.3. The molecule has 4 aliphatic rings. The monoisotopic (exact) mass is 646 g/mol. The number of nitrogens with zero attached hydrogens (tertiary/aromatic N) is 6. The van der Waals surface area contributed by atoms with Crippen LogP contribution in [-0.2, 0) is 28.9 Å². The molecule has 2 aromatic rings. The third-order valence-electron chi connectivity index (χ3n) is 7.37. The average molecular weight is 647 g/mol. The molecule has 0 saturated carbocycles. The van der Waals surface area contributed by atoms with Gasteiger partial charge in [-0.2, -0.15) is 0 Å². The molecule has 5 amide bonds. The van der Waals surface area contributed by atoms with E-state index < -0.39 is 9.71 Å². The number of para-hydroxylation sites is 1. The number of benzene rings is 1. The first-order chi connectivity index (χ1) is 21.2. The van der Waals surface area contributed by atoms with E-state index in [0.29, 0.717) is 12.5 Å². The van der Waals surface area contributed by atoms with Crippen molar-refractivity contribution in [1.82, 2.24) is 28.9 Å². The van der Waals surface area contributed by atoms with Gasteiger partial charge in [-0.1, -0.05) is 38.1 Å². The molecule has 1 aromatic carbocycles. The molecule has 1 aromatic heterocycles. The van der Waals surface area contributed by atoms with Crippen LogP contribution >= 0.6 is 0 Å². The minimum absolute atomic E-state index is 0.0255. The van der Waals surface area contributed by atoms with Gasteiger partial charge in [-0.3, -0.25) is 33.3 Å². The van der Waals surface area contributed by atoms with Gasteiger partial charge in [0.25, 0.3) is 5.91 Å². The summed E-state index contributed by atoms with van der Waals surface area (Å²) in [5, 5.41) is 1.20. The number of likely N-dealkylation sites (N-methyl/N-ethyl adjacent to an activating group) is 3. The van der Waals surface area contributed by atoms with Crippen molar-refractivity contribution in [2.75, 3.05) is 60.6 Å². The van der Waals surface area contributed by atoms with Gasteiger partial charge in [-0.25, -0.2) is 9.10 Å². The Balaban J connectivity index is 0.000000279. The zero-order valence-corrected chi connectivity index (χ0v) is 28.8. The Hall–Kier alpha value is -3.84. The Labute approximate surface area is 268 Å². The van der Waals surface area contributed by atoms with Crippen LogP contribution in [0.2, 0.25) is 0 Å². The van der Waals surface area contributed by atoms with Crippen LogP contribution in [0.1, 0.15) is 46.5 Å². The van der Waals surface area contributed by atoms with E-state index in [9.17, 15) is 28.2 Å². The summed E-state index contributed by atoms with van der Waals surface area (Å²) in [6, 6.07) is 11.6. The number of urea groups is 1. The molecule has 4 saturated heterocycles. The summed E-state index contributed by atoms with van der Waals surface area (Å²) < 4.78 is 13.0. The summed E-state index contributed by atoms with van der Waals surface area (Å²) in [6.45, 7) is 7.92. The van der Waals surface area contributed by atoms with E-state index >= 15 is 0 Å². The van der Waals surface area contributed by atoms with E-state index in [1.165, 1.54) is 22.2 Å². The van der Waals surface area contributed by atoms with Gasteiger partial charge >= 0.3 is 6.03 Å². The predicted molar refractivity (Wildman–Crippen MR) is 180 cm³/mol. The van der Waals surface area contributed by atoms with Crippen molar-refractivity contribution >= 4 is 56.0 Å². The molecule has 0 bridgehead atoms. The lowest BCUT2D eigenvalue weighted by Gasteiger charge is -2.09. The first-order valence-corrected chi connectivity index (χ1v) is 16.9. The van der Waals surface area contributed by atoms with Crippen LogP contribution in [0.3, 0.4) is 0 Å². The number of carbonyl (C=O) groups excluding carboxylic acids is 5. The van der Waals surface area contributed by atoms with Crippen molar-refractivity contribution in [2.45, 2.75) is 52.5 Å². The fourth-order valence-corrected chi connectivity index (χ4v) is 5.64. The Morgan fingerprint density at radius 1 is 0.844 bits per heavy atom. The number of hydrogen-bond acceptors (Lipinski definition) is 7. The molecule has 13 heteroatoms. The molecule has 2 unspecified atom stereocenters. The zero-order chi connectivity index (χ0) is 34.3. The second-order valence-electron chi connectivity index (χ2n) is 10.7. The van der Waals surface area contributed by atoms with Crippen molar-refractivity contribution < 1.29 is 28.2 Å². The van der Waals surface area contributed by atoms with Gasteiger partial charge in [0.2, 0.25) is 11.8 Å². The highest BCUT2D eigenvalue weighted by Crippen LogP contribution is 2.12. The largest absolute Gasteiger partial charge is 0.346 e. The number of likely N-dealkylation sites (tertiary alicyclic amines) is 2. The van der Waals surface area contributed by atoms with Gasteiger partial charge in [0, 0.05) is 74.7 Å². The molecule has 0 spiro atoms. The van der Waals surface area contributed by atoms with Crippen LogP contribution in [0.25, 0.3) is 10.9 Å². The fourth-order valence-electron chi connectivity index (χ4n) is 4.29. The van der Waals surface area contributed by atoms with E-state index in [2.05, 4.69) is 23.0 Å². The molecule has 5 heterocycles. The Bertz CT molecular complexity index is 1330. The number of Topliss-reactive ketones (excluding diaryl/α,β-unsaturated/α-hetero) is 1. The number of fused-ring (bicyclic) bond motifs is 1. The maximum atomic E-state index is 11.1. The number of amides is 5. The van der Waals surface area contributed by atoms with Gasteiger partial charge in [0.05, 0.1) is 18.5 Å². The minimum Gasteiger partial charge on any atom is -0.346 e. The number of imide groups is 1. The first kappa shape index (κ1) is 39.2. The average Bonchev–Trinajstić information content (AvgIpc) is 3.71. The number of carbonyl (C=O) groups is 5. The zero-order valence-electron chi connectivity index (χ0n) is 28.0. The van der Waals surface area contributed by atoms with Gasteiger partial charge in [0.1, 0.15) is 6.04 Å². The van der Waals surface area contributed by atoms with Crippen molar-refractivity contribution in [1.29, 1.82) is 0 Å². The smallest absolute Gasteiger partial charge is 0.326 e. The lowest BCUT2D eigenvalue weighted by atomic mass is 10.2. The van der Waals surface area contributed by atoms with E-state index in [-0.39, 0.29) is 36.1 Å². The topological polar surface area (TPSA) is 132 Å². The Morgan fingerprint density at radius 2 is 1.47 bits per heavy atom. The predicted octanol–water partition coefficient (Wildman–Crippen LogP) is 2.77. The van der Waals surface area contributed by atoms with Gasteiger partial charge in [0.15, 0.2) is 5.78 Å². The molecular weight excluding hydrogens is 596 g/mol. The van der Waals surface area contributed by atoms with Crippen LogP contribution in [0.5, 0.6) is 0 Å². The molecule has 250 valence electrons. The van der Waals surface area contributed by atoms with Crippen molar-refractivity contribution in [2.24, 2.45) is 0 Å². The van der Waals surface area contributed by atoms with Crippen molar-refractivity contribution in [3.8, 4) is 0 Å². The summed E-state index contributed by atoms with van der Waals surface area (Å²) in [6.07, 6.45) is 4.77. The Kier molecular flexibility index (Phi) is 16.4. The third kappa shape index (κ3) is 12.2. The highest BCUT2D eigenvalue weighted by atomic mass is 32.2. The highest BCUT2D eigenvalue weighted by molar-refractivity contribution is 7.98. The minimum atomic E-state index is -1.79. The van der Waals surface area contributed by atoms with Gasteiger partial charge < -0.3 is 14.7 Å². The van der Waals surface area contributed by atoms with E-state index in [1.807, 2.05) is 62.7 Å². The number of pyridine rings is 1. The van der Waals surface area contributed by atoms with Crippen LogP contribution in [-0.4, -0.2) is 135 Å². The molecule has 0 N–H and O–H groups in total. The number of aromatic nitrogens is 1. The second kappa shape index (κ2) is 18.8. The quantitative estimate of drug-likeness (QED) is 0.244. The molecule has 12 nitrogen and oxygen atoms in total. The SMILES string of the molecule is C=S1(=O)CCCN1C.CC.CC1C(=O)N(C)C(=O)N1C.CN1CC(=O)CC1=O.CN1CCCC1=O.c1ccc2ncccc2c1. The molecule has 4 aliphatic heterocycles. The molecule has 4 fully saturated rings. The van der Waals surface area contributed by atoms with Crippen molar-refractivity contribution in [3.05, 3.63) is 42.6 Å². The van der Waals surface area contributed by atoms with E-state index in [1.54, 1.807) is 25.9 Å². The third-order valence-corrected chi connectivity index (χ3v) is 9.62. The van der Waals surface area contributed by atoms with Crippen LogP contribution in [0, 0.1) is 0 Å². The first-order valence-electron chi connectivity index (χ1n) is 15.1. The Morgan fingerprint density at radius 3 is 1.76 bits per heavy atom. The standard InChI is InChI=1S/C9H7N.C6H10N2O2.C5H7NO2.C5H11NOS.C5H9NO.C2H6/c1-2-6-9-8(4-1)5-3-7-10-9;1-4-5(9)8(3)6(10)7(4)2;1-6-3-4(7)2-5(6)8;1-6-4-3-5-8(6,2)7;1-6-4-2-3-5(6)7;1-2/h1-7H;4H,1-3H3;2-3H2,1H3;2-5H2,1H3;2-4H2,1H3;1-2H3. The lowest BCUT2D eigenvalue weighted by molar-refractivity contribution is -0.127. The van der Waals surface area contributed by atoms with Crippen LogP contribution in [0.4, 0.5) is 4.79 Å². The summed E-state index contributed by atoms with van der Waals surface area (Å²) in [5.41, 5.74) is 1.06. The lowest BCUT2D eigenvalue weighted by Crippen LogP contribution is -2.28. The van der Waals surface area contributed by atoms with E-state index in [0.717, 1.165) is 48.5 Å². The maximum Gasteiger partial charge on any atom is 0.326 e. The molecule has 45 heavy (non-hydrogen) atoms. The number of rotatable bonds is 0. The molecule has 0 aliphatic carbocycles. The maximum absolute atomic E-state index is 11.1. The number of hydrogen-bond donors (Lipinski definition) is 0. The summed E-state index contributed by atoms with van der Waals surface area (Å²) in [7, 11) is 6.66. The van der Waals surface area contributed by atoms with E-state index in [4.69, 9.17) is 0 Å². The number of ketones is 1. The van der Waals surface area contributed by atoms with Crippen LogP contribution in [0.15, 0.2) is 42.6 Å². The van der Waals surface area contributed by atoms with Crippen molar-refractivity contribution in [3.63, 3.8) is 0 Å². The normalized spacial score (nSPS) is 22.4. The molecule has 6 rings (SSSR count). The summed E-state index contributed by atoms with van der Waals surface area (Å²) in [4.78, 5) is 63.3.